The van der Waals surface area contributed by atoms with Crippen LogP contribution >= 0.6 is 45.2 Å². The number of halogens is 6. The molecular formula is C20H19F4I2N3O4S. The van der Waals surface area contributed by atoms with Gasteiger partial charge in [-0.25, -0.2) is 18.4 Å². The SMILES string of the molecule is CC(C)([C@@H]1CCN(c2cnc(C(F)(F)F)nc2)C(=O)C1)S(=O)(=O)c1cccc(OC(F)(I)I)c1. The van der Waals surface area contributed by atoms with Gasteiger partial charge in [-0.1, -0.05) is 6.07 Å². The highest BCUT2D eigenvalue weighted by atomic mass is 127. The van der Waals surface area contributed by atoms with Crippen LogP contribution in [-0.4, -0.2) is 37.5 Å². The van der Waals surface area contributed by atoms with Gasteiger partial charge in [0.2, 0.25) is 11.7 Å². The van der Waals surface area contributed by atoms with Gasteiger partial charge in [-0.3, -0.25) is 4.79 Å². The Balaban J connectivity index is 1.79. The molecule has 1 aromatic heterocycles. The van der Waals surface area contributed by atoms with Gasteiger partial charge in [0.15, 0.2) is 9.84 Å². The van der Waals surface area contributed by atoms with E-state index in [-0.39, 0.29) is 35.7 Å². The Kier molecular flexibility index (Phi) is 7.73. The van der Waals surface area contributed by atoms with E-state index in [1.54, 1.807) is 0 Å². The molecule has 1 aromatic carbocycles. The van der Waals surface area contributed by atoms with Gasteiger partial charge in [0.1, 0.15) is 5.75 Å². The van der Waals surface area contributed by atoms with Crippen LogP contribution in [0.1, 0.15) is 32.5 Å². The number of hydrogen-bond donors (Lipinski definition) is 0. The van der Waals surface area contributed by atoms with Crippen LogP contribution in [0.5, 0.6) is 5.75 Å². The van der Waals surface area contributed by atoms with Gasteiger partial charge in [-0.2, -0.15) is 17.6 Å². The Hall–Kier alpha value is -1.30. The summed E-state index contributed by atoms with van der Waals surface area (Å²) in [5.41, 5.74) is 0.106. The maximum Gasteiger partial charge on any atom is 0.451 e. The number of benzene rings is 1. The maximum atomic E-state index is 13.8. The van der Waals surface area contributed by atoms with Crippen molar-refractivity contribution >= 4 is 66.6 Å². The molecule has 1 aliphatic heterocycles. The van der Waals surface area contributed by atoms with Crippen LogP contribution in [0, 0.1) is 5.92 Å². The van der Waals surface area contributed by atoms with Crippen LogP contribution in [0.4, 0.5) is 23.2 Å². The summed E-state index contributed by atoms with van der Waals surface area (Å²) in [6.07, 6.45) is -2.71. The zero-order valence-electron chi connectivity index (χ0n) is 17.8. The fraction of sp³-hybridized carbons (Fsp3) is 0.450. The lowest BCUT2D eigenvalue weighted by Crippen LogP contribution is -2.48. The first-order valence-corrected chi connectivity index (χ1v) is 13.5. The molecule has 0 saturated carbocycles. The molecule has 2 aromatic rings. The average molecular weight is 727 g/mol. The number of carbonyl (C=O) groups is 1. The summed E-state index contributed by atoms with van der Waals surface area (Å²) in [7, 11) is -3.97. The molecule has 3 rings (SSSR count). The molecule has 1 fully saturated rings. The van der Waals surface area contributed by atoms with E-state index in [1.807, 2.05) is 0 Å². The van der Waals surface area contributed by atoms with Crippen molar-refractivity contribution in [3.63, 3.8) is 0 Å². The van der Waals surface area contributed by atoms with E-state index in [0.717, 1.165) is 12.4 Å². The quantitative estimate of drug-likeness (QED) is 0.228. The van der Waals surface area contributed by atoms with Crippen LogP contribution in [0.3, 0.4) is 0 Å². The Morgan fingerprint density at radius 3 is 2.26 bits per heavy atom. The number of sulfone groups is 1. The predicted octanol–water partition coefficient (Wildman–Crippen LogP) is 5.32. The number of rotatable bonds is 6. The molecule has 1 atom stereocenters. The van der Waals surface area contributed by atoms with Crippen molar-refractivity contribution in [1.29, 1.82) is 0 Å². The first-order chi connectivity index (χ1) is 15.5. The molecule has 34 heavy (non-hydrogen) atoms. The molecule has 0 bridgehead atoms. The number of amides is 1. The number of alkyl halides is 6. The van der Waals surface area contributed by atoms with Gasteiger partial charge in [0, 0.05) is 58.1 Å². The summed E-state index contributed by atoms with van der Waals surface area (Å²) >= 11 is 2.84. The van der Waals surface area contributed by atoms with Gasteiger partial charge < -0.3 is 9.64 Å². The third-order valence-electron chi connectivity index (χ3n) is 5.65. The van der Waals surface area contributed by atoms with Crippen molar-refractivity contribution in [2.45, 2.75) is 44.4 Å². The van der Waals surface area contributed by atoms with Gasteiger partial charge in [0.05, 0.1) is 27.7 Å². The second-order valence-corrected chi connectivity index (χ2v) is 15.5. The highest BCUT2D eigenvalue weighted by Crippen LogP contribution is 2.40. The first-order valence-electron chi connectivity index (χ1n) is 9.82. The second kappa shape index (κ2) is 9.63. The number of hydrogen-bond acceptors (Lipinski definition) is 6. The Bertz CT molecular complexity index is 1170. The smallest absolute Gasteiger partial charge is 0.442 e. The lowest BCUT2D eigenvalue weighted by Gasteiger charge is -2.39. The van der Waals surface area contributed by atoms with Crippen LogP contribution < -0.4 is 9.64 Å². The molecule has 1 amide bonds. The van der Waals surface area contributed by atoms with E-state index in [2.05, 4.69) is 9.97 Å². The van der Waals surface area contributed by atoms with Crippen LogP contribution in [0.2, 0.25) is 0 Å². The second-order valence-electron chi connectivity index (χ2n) is 8.13. The van der Waals surface area contributed by atoms with E-state index in [0.29, 0.717) is 0 Å². The standard InChI is InChI=1S/C20H19F4I2N3O4S/c1-18(2,34(31,32)15-5-3-4-14(9-15)33-20(24,25)26)12-6-7-29(16(30)8-12)13-10-27-17(28-11-13)19(21,22)23/h3-5,9-12H,6-8H2,1-2H3/t12-/m1/s1. The van der Waals surface area contributed by atoms with Gasteiger partial charge in [-0.05, 0) is 44.4 Å². The van der Waals surface area contributed by atoms with E-state index in [4.69, 9.17) is 4.74 Å². The Morgan fingerprint density at radius 2 is 1.74 bits per heavy atom. The summed E-state index contributed by atoms with van der Waals surface area (Å²) in [6.45, 7) is 3.12. The summed E-state index contributed by atoms with van der Waals surface area (Å²) in [5, 5.41) is 0. The maximum absolute atomic E-state index is 13.8. The third kappa shape index (κ3) is 5.91. The zero-order chi connectivity index (χ0) is 25.5. The minimum atomic E-state index is -4.70. The minimum absolute atomic E-state index is 0.0383. The Labute approximate surface area is 220 Å². The number of anilines is 1. The molecular weight excluding hydrogens is 708 g/mol. The predicted molar refractivity (Wildman–Crippen MR) is 132 cm³/mol. The molecule has 7 nitrogen and oxygen atoms in total. The molecule has 0 aliphatic carbocycles. The van der Waals surface area contributed by atoms with E-state index in [1.165, 1.54) is 88.2 Å². The van der Waals surface area contributed by atoms with Gasteiger partial charge in [0.25, 0.3) is 0 Å². The van der Waals surface area contributed by atoms with Crippen molar-refractivity contribution < 1.29 is 35.5 Å². The zero-order valence-corrected chi connectivity index (χ0v) is 22.9. The number of aromatic nitrogens is 2. The molecule has 186 valence electrons. The molecule has 2 heterocycles. The lowest BCUT2D eigenvalue weighted by atomic mass is 9.85. The lowest BCUT2D eigenvalue weighted by molar-refractivity contribution is -0.144. The van der Waals surface area contributed by atoms with Crippen molar-refractivity contribution in [2.24, 2.45) is 5.92 Å². The van der Waals surface area contributed by atoms with Crippen molar-refractivity contribution in [1.82, 2.24) is 9.97 Å². The van der Waals surface area contributed by atoms with Crippen LogP contribution in [0.15, 0.2) is 41.6 Å². The molecule has 1 saturated heterocycles. The number of carbonyl (C=O) groups excluding carboxylic acids is 1. The number of piperidine rings is 1. The molecule has 0 unspecified atom stereocenters. The fourth-order valence-corrected chi connectivity index (χ4v) is 5.95. The largest absolute Gasteiger partial charge is 0.451 e. The van der Waals surface area contributed by atoms with Crippen molar-refractivity contribution in [3.05, 3.63) is 42.5 Å². The van der Waals surface area contributed by atoms with Gasteiger partial charge in [-0.15, -0.1) is 0 Å². The topological polar surface area (TPSA) is 89.5 Å². The summed E-state index contributed by atoms with van der Waals surface area (Å²) in [6, 6.07) is 5.49. The summed E-state index contributed by atoms with van der Waals surface area (Å²) < 4.78 is 80.5. The highest BCUT2D eigenvalue weighted by Gasteiger charge is 2.46. The molecule has 14 heteroatoms. The van der Waals surface area contributed by atoms with E-state index in [9.17, 15) is 30.8 Å². The minimum Gasteiger partial charge on any atom is -0.442 e. The molecule has 0 N–H and O–H groups in total. The normalized spacial score (nSPS) is 18.2. The molecule has 1 aliphatic rings. The van der Waals surface area contributed by atoms with Crippen LogP contribution in [0.25, 0.3) is 0 Å². The van der Waals surface area contributed by atoms with E-state index < -0.39 is 40.3 Å². The first kappa shape index (κ1) is 27.3. The summed E-state index contributed by atoms with van der Waals surface area (Å²) in [4.78, 5) is 20.5. The molecule has 0 spiro atoms. The third-order valence-corrected chi connectivity index (χ3v) is 8.69. The monoisotopic (exact) mass is 727 g/mol. The van der Waals surface area contributed by atoms with Crippen molar-refractivity contribution in [3.8, 4) is 5.75 Å². The van der Waals surface area contributed by atoms with Crippen LogP contribution in [-0.2, 0) is 20.8 Å². The summed E-state index contributed by atoms with van der Waals surface area (Å²) in [5.74, 6) is -2.30. The average Bonchev–Trinajstić information content (AvgIpc) is 2.72. The fourth-order valence-electron chi connectivity index (χ4n) is 3.67. The number of ether oxygens (including phenoxy) is 1. The Morgan fingerprint density at radius 1 is 1.12 bits per heavy atom. The highest BCUT2D eigenvalue weighted by molar-refractivity contribution is 14.2. The number of nitrogens with zero attached hydrogens (tertiary/aromatic N) is 3. The molecule has 0 radical (unpaired) electrons. The van der Waals surface area contributed by atoms with Crippen molar-refractivity contribution in [2.75, 3.05) is 11.4 Å². The van der Waals surface area contributed by atoms with E-state index >= 15 is 0 Å². The van der Waals surface area contributed by atoms with Gasteiger partial charge >= 0.3 is 8.04 Å².